The summed E-state index contributed by atoms with van der Waals surface area (Å²) in [5.41, 5.74) is 0.759. The molecule has 0 aliphatic heterocycles. The zero-order chi connectivity index (χ0) is 12.5. The van der Waals surface area contributed by atoms with Crippen LogP contribution in [0.1, 0.15) is 23.2 Å². The van der Waals surface area contributed by atoms with Gasteiger partial charge in [0.2, 0.25) is 0 Å². The third kappa shape index (κ3) is 2.64. The molecule has 0 bridgehead atoms. The van der Waals surface area contributed by atoms with Crippen LogP contribution in [0.4, 0.5) is 13.2 Å². The summed E-state index contributed by atoms with van der Waals surface area (Å²) in [6.07, 6.45) is -3.02. The summed E-state index contributed by atoms with van der Waals surface area (Å²) in [7, 11) is 0. The summed E-state index contributed by atoms with van der Waals surface area (Å²) in [5, 5.41) is 3.90. The first-order chi connectivity index (χ1) is 7.97. The van der Waals surface area contributed by atoms with E-state index >= 15 is 0 Å². The number of aromatic nitrogens is 2. The van der Waals surface area contributed by atoms with Gasteiger partial charge in [0, 0.05) is 12.6 Å². The van der Waals surface area contributed by atoms with Gasteiger partial charge in [0.25, 0.3) is 0 Å². The standard InChI is InChI=1S/C11H9F3N2O/c12-11(13,14)5-4-10(17)8-7-15-16-6-2-1-3-9(8)16/h1-3,6-7H,4-5H2. The van der Waals surface area contributed by atoms with Gasteiger partial charge in [0.15, 0.2) is 5.78 Å². The lowest BCUT2D eigenvalue weighted by molar-refractivity contribution is -0.133. The first-order valence-electron chi connectivity index (χ1n) is 5.00. The van der Waals surface area contributed by atoms with Gasteiger partial charge in [-0.1, -0.05) is 6.07 Å². The van der Waals surface area contributed by atoms with Gasteiger partial charge < -0.3 is 0 Å². The minimum absolute atomic E-state index is 0.231. The van der Waals surface area contributed by atoms with E-state index in [2.05, 4.69) is 5.10 Å². The molecule has 0 aliphatic carbocycles. The van der Waals surface area contributed by atoms with Crippen LogP contribution in [0.15, 0.2) is 30.6 Å². The smallest absolute Gasteiger partial charge is 0.294 e. The summed E-state index contributed by atoms with van der Waals surface area (Å²) < 4.78 is 37.5. The molecule has 17 heavy (non-hydrogen) atoms. The Labute approximate surface area is 94.9 Å². The van der Waals surface area contributed by atoms with Crippen molar-refractivity contribution in [1.82, 2.24) is 9.61 Å². The number of carbonyl (C=O) groups excluding carboxylic acids is 1. The molecule has 0 saturated heterocycles. The van der Waals surface area contributed by atoms with Gasteiger partial charge in [-0.05, 0) is 12.1 Å². The van der Waals surface area contributed by atoms with E-state index in [-0.39, 0.29) is 5.56 Å². The summed E-state index contributed by atoms with van der Waals surface area (Å²) in [6, 6.07) is 5.08. The maximum Gasteiger partial charge on any atom is 0.389 e. The van der Waals surface area contributed by atoms with E-state index in [0.29, 0.717) is 5.52 Å². The maximum absolute atomic E-state index is 12.0. The molecule has 0 aromatic carbocycles. The maximum atomic E-state index is 12.0. The van der Waals surface area contributed by atoms with Gasteiger partial charge in [0.1, 0.15) is 0 Å². The molecule has 0 amide bonds. The SMILES string of the molecule is O=C(CCC(F)(F)F)c1cnn2ccccc12. The molecule has 0 aliphatic rings. The second-order valence-corrected chi connectivity index (χ2v) is 3.63. The van der Waals surface area contributed by atoms with Crippen molar-refractivity contribution in [3.05, 3.63) is 36.2 Å². The van der Waals surface area contributed by atoms with Crippen LogP contribution in [0, 0.1) is 0 Å². The molecule has 0 unspecified atom stereocenters. The number of halogens is 3. The second kappa shape index (κ2) is 4.20. The van der Waals surface area contributed by atoms with Crippen LogP contribution in [-0.4, -0.2) is 21.6 Å². The predicted molar refractivity (Wildman–Crippen MR) is 54.8 cm³/mol. The Bertz CT molecular complexity index is 545. The van der Waals surface area contributed by atoms with E-state index in [1.165, 1.54) is 10.7 Å². The number of carbonyl (C=O) groups is 1. The first kappa shape index (κ1) is 11.6. The Balaban J connectivity index is 2.20. The predicted octanol–water partition coefficient (Wildman–Crippen LogP) is 2.86. The quantitative estimate of drug-likeness (QED) is 0.775. The minimum Gasteiger partial charge on any atom is -0.294 e. The Kier molecular flexibility index (Phi) is 2.87. The molecular formula is C11H9F3N2O. The van der Waals surface area contributed by atoms with Gasteiger partial charge in [-0.25, -0.2) is 4.52 Å². The number of ketones is 1. The van der Waals surface area contributed by atoms with Gasteiger partial charge in [0.05, 0.1) is 23.7 Å². The lowest BCUT2D eigenvalue weighted by atomic mass is 10.1. The Hall–Kier alpha value is -1.85. The summed E-state index contributed by atoms with van der Waals surface area (Å²) in [4.78, 5) is 11.6. The normalized spacial score (nSPS) is 11.9. The summed E-state index contributed by atoms with van der Waals surface area (Å²) in [5.74, 6) is -0.538. The lowest BCUT2D eigenvalue weighted by Crippen LogP contribution is -2.10. The number of pyridine rings is 1. The molecule has 0 saturated carbocycles. The van der Waals surface area contributed by atoms with E-state index in [1.54, 1.807) is 24.4 Å². The Morgan fingerprint density at radius 1 is 1.35 bits per heavy atom. The second-order valence-electron chi connectivity index (χ2n) is 3.63. The average Bonchev–Trinajstić information content (AvgIpc) is 2.68. The molecule has 0 atom stereocenters. The third-order valence-electron chi connectivity index (χ3n) is 2.36. The van der Waals surface area contributed by atoms with E-state index in [1.807, 2.05) is 0 Å². The van der Waals surface area contributed by atoms with Crippen molar-refractivity contribution in [3.63, 3.8) is 0 Å². The molecule has 2 heterocycles. The van der Waals surface area contributed by atoms with Crippen LogP contribution in [-0.2, 0) is 0 Å². The number of Topliss-reactive ketones (excluding diaryl/α,β-unsaturated/α-hetero) is 1. The van der Waals surface area contributed by atoms with Crippen molar-refractivity contribution in [2.45, 2.75) is 19.0 Å². The summed E-state index contributed by atoms with van der Waals surface area (Å²) >= 11 is 0. The van der Waals surface area contributed by atoms with Crippen LogP contribution in [0.5, 0.6) is 0 Å². The molecule has 90 valence electrons. The number of rotatable bonds is 3. The number of alkyl halides is 3. The fraction of sp³-hybridized carbons (Fsp3) is 0.273. The third-order valence-corrected chi connectivity index (χ3v) is 2.36. The molecule has 0 N–H and O–H groups in total. The van der Waals surface area contributed by atoms with E-state index in [0.717, 1.165) is 0 Å². The number of hydrogen-bond donors (Lipinski definition) is 0. The van der Waals surface area contributed by atoms with Crippen molar-refractivity contribution < 1.29 is 18.0 Å². The monoisotopic (exact) mass is 242 g/mol. The molecule has 3 nitrogen and oxygen atoms in total. The van der Waals surface area contributed by atoms with Crippen molar-refractivity contribution in [2.24, 2.45) is 0 Å². The average molecular weight is 242 g/mol. The highest BCUT2D eigenvalue weighted by atomic mass is 19.4. The minimum atomic E-state index is -4.31. The molecule has 2 aromatic rings. The van der Waals surface area contributed by atoms with Crippen LogP contribution in [0.2, 0.25) is 0 Å². The number of fused-ring (bicyclic) bond motifs is 1. The lowest BCUT2D eigenvalue weighted by Gasteiger charge is -2.04. The van der Waals surface area contributed by atoms with Gasteiger partial charge in [-0.15, -0.1) is 0 Å². The fourth-order valence-electron chi connectivity index (χ4n) is 1.54. The summed E-state index contributed by atoms with van der Waals surface area (Å²) in [6.45, 7) is 0. The zero-order valence-corrected chi connectivity index (χ0v) is 8.74. The van der Waals surface area contributed by atoms with Gasteiger partial charge in [-0.2, -0.15) is 18.3 Å². The zero-order valence-electron chi connectivity index (χ0n) is 8.74. The van der Waals surface area contributed by atoms with Crippen molar-refractivity contribution in [3.8, 4) is 0 Å². The molecular weight excluding hydrogens is 233 g/mol. The van der Waals surface area contributed by atoms with Crippen LogP contribution >= 0.6 is 0 Å². The highest BCUT2D eigenvalue weighted by Crippen LogP contribution is 2.23. The topological polar surface area (TPSA) is 34.4 Å². The molecule has 0 spiro atoms. The molecule has 0 radical (unpaired) electrons. The molecule has 0 fully saturated rings. The van der Waals surface area contributed by atoms with Gasteiger partial charge >= 0.3 is 6.18 Å². The van der Waals surface area contributed by atoms with Crippen LogP contribution < -0.4 is 0 Å². The Morgan fingerprint density at radius 2 is 2.12 bits per heavy atom. The highest BCUT2D eigenvalue weighted by molar-refractivity contribution is 6.02. The van der Waals surface area contributed by atoms with Crippen molar-refractivity contribution in [1.29, 1.82) is 0 Å². The van der Waals surface area contributed by atoms with Crippen molar-refractivity contribution >= 4 is 11.3 Å². The van der Waals surface area contributed by atoms with E-state index in [4.69, 9.17) is 0 Å². The fourth-order valence-corrected chi connectivity index (χ4v) is 1.54. The Morgan fingerprint density at radius 3 is 2.82 bits per heavy atom. The van der Waals surface area contributed by atoms with E-state index in [9.17, 15) is 18.0 Å². The van der Waals surface area contributed by atoms with Crippen LogP contribution in [0.3, 0.4) is 0 Å². The largest absolute Gasteiger partial charge is 0.389 e. The number of hydrogen-bond acceptors (Lipinski definition) is 2. The highest BCUT2D eigenvalue weighted by Gasteiger charge is 2.28. The molecule has 6 heteroatoms. The molecule has 2 aromatic heterocycles. The van der Waals surface area contributed by atoms with Crippen LogP contribution in [0.25, 0.3) is 5.52 Å². The van der Waals surface area contributed by atoms with Crippen molar-refractivity contribution in [2.75, 3.05) is 0 Å². The van der Waals surface area contributed by atoms with Gasteiger partial charge in [-0.3, -0.25) is 4.79 Å². The number of nitrogens with zero attached hydrogens (tertiary/aromatic N) is 2. The first-order valence-corrected chi connectivity index (χ1v) is 5.00. The molecule has 2 rings (SSSR count). The van der Waals surface area contributed by atoms with E-state index < -0.39 is 24.8 Å².